The average molecular weight is 358 g/mol. The summed E-state index contributed by atoms with van der Waals surface area (Å²) in [7, 11) is 1.54. The lowest BCUT2D eigenvalue weighted by Gasteiger charge is -2.20. The number of carbonyl (C=O) groups is 2. The fourth-order valence-corrected chi connectivity index (χ4v) is 2.53. The number of aliphatic hydroxyl groups is 1. The summed E-state index contributed by atoms with van der Waals surface area (Å²) in [5, 5.41) is 10.7. The number of esters is 2. The average Bonchev–Trinajstić information content (AvgIpc) is 2.92. The molecule has 2 aromatic rings. The number of fused-ring (bicyclic) bond motifs is 1. The highest BCUT2D eigenvalue weighted by Gasteiger charge is 2.52. The minimum absolute atomic E-state index is 0.00419. The number of hydrogen-bond acceptors (Lipinski definition) is 7. The van der Waals surface area contributed by atoms with E-state index in [0.29, 0.717) is 12.4 Å². The maximum absolute atomic E-state index is 12.4. The molecule has 26 heavy (non-hydrogen) atoms. The normalized spacial score (nSPS) is 18.2. The molecule has 1 heterocycles. The fraction of sp³-hybridized carbons (Fsp3) is 0.263. The third-order valence-corrected chi connectivity index (χ3v) is 3.86. The first-order valence-electron chi connectivity index (χ1n) is 7.97. The highest BCUT2D eigenvalue weighted by atomic mass is 16.7. The molecule has 1 atom stereocenters. The van der Waals surface area contributed by atoms with E-state index < -0.39 is 17.7 Å². The first-order chi connectivity index (χ1) is 12.5. The third-order valence-electron chi connectivity index (χ3n) is 3.86. The number of carbonyl (C=O) groups excluding carboxylic acids is 2. The van der Waals surface area contributed by atoms with E-state index in [4.69, 9.17) is 18.9 Å². The van der Waals surface area contributed by atoms with Crippen molar-refractivity contribution in [3.05, 3.63) is 65.2 Å². The first-order valence-corrected chi connectivity index (χ1v) is 7.97. The van der Waals surface area contributed by atoms with Gasteiger partial charge < -0.3 is 24.1 Å². The maximum atomic E-state index is 12.4. The number of methoxy groups -OCH3 is 1. The fourth-order valence-electron chi connectivity index (χ4n) is 2.53. The van der Waals surface area contributed by atoms with Crippen molar-refractivity contribution in [3.63, 3.8) is 0 Å². The van der Waals surface area contributed by atoms with E-state index in [2.05, 4.69) is 0 Å². The van der Waals surface area contributed by atoms with Crippen LogP contribution in [0.3, 0.4) is 0 Å². The quantitative estimate of drug-likeness (QED) is 0.596. The van der Waals surface area contributed by atoms with Gasteiger partial charge >= 0.3 is 17.7 Å². The topological polar surface area (TPSA) is 91.3 Å². The molecule has 1 N–H and O–H groups in total. The summed E-state index contributed by atoms with van der Waals surface area (Å²) in [5.74, 6) is -4.00. The highest BCUT2D eigenvalue weighted by molar-refractivity contribution is 6.00. The van der Waals surface area contributed by atoms with E-state index >= 15 is 0 Å². The number of cyclic esters (lactones) is 1. The van der Waals surface area contributed by atoms with E-state index in [1.54, 1.807) is 37.4 Å². The summed E-state index contributed by atoms with van der Waals surface area (Å²) in [4.78, 5) is 24.4. The Labute approximate surface area is 150 Å². The van der Waals surface area contributed by atoms with E-state index in [-0.39, 0.29) is 24.3 Å². The van der Waals surface area contributed by atoms with Gasteiger partial charge in [0.15, 0.2) is 0 Å². The lowest BCUT2D eigenvalue weighted by molar-refractivity contribution is -0.211. The molecule has 0 aliphatic carbocycles. The van der Waals surface area contributed by atoms with Gasteiger partial charge in [-0.25, -0.2) is 9.59 Å². The summed E-state index contributed by atoms with van der Waals surface area (Å²) in [5.41, 5.74) is 0.823. The molecule has 0 radical (unpaired) electrons. The van der Waals surface area contributed by atoms with Crippen molar-refractivity contribution in [3.8, 4) is 5.75 Å². The van der Waals surface area contributed by atoms with E-state index in [9.17, 15) is 14.7 Å². The first kappa shape index (κ1) is 17.9. The second-order valence-corrected chi connectivity index (χ2v) is 5.64. The van der Waals surface area contributed by atoms with Crippen LogP contribution in [0.15, 0.2) is 48.5 Å². The van der Waals surface area contributed by atoms with Gasteiger partial charge in [-0.2, -0.15) is 0 Å². The standard InChI is InChI=1S/C19H18O7/c1-23-9-10-24-14-7-8-15-16(11-14)19(22,26-17(15)20)18(21)25-12-13-5-3-2-4-6-13/h2-8,11,22H,9-10,12H2,1H3. The van der Waals surface area contributed by atoms with Gasteiger partial charge in [0, 0.05) is 7.11 Å². The van der Waals surface area contributed by atoms with E-state index in [1.165, 1.54) is 12.1 Å². The van der Waals surface area contributed by atoms with Crippen molar-refractivity contribution >= 4 is 11.9 Å². The Bertz CT molecular complexity index is 803. The van der Waals surface area contributed by atoms with Crippen LogP contribution < -0.4 is 4.74 Å². The van der Waals surface area contributed by atoms with Crippen molar-refractivity contribution in [2.24, 2.45) is 0 Å². The zero-order valence-corrected chi connectivity index (χ0v) is 14.1. The van der Waals surface area contributed by atoms with Crippen LogP contribution in [0.1, 0.15) is 21.5 Å². The van der Waals surface area contributed by atoms with Crippen molar-refractivity contribution < 1.29 is 33.6 Å². The Kier molecular flexibility index (Phi) is 5.20. The van der Waals surface area contributed by atoms with Gasteiger partial charge in [0.1, 0.15) is 19.0 Å². The number of ether oxygens (including phenoxy) is 4. The number of benzene rings is 2. The van der Waals surface area contributed by atoms with Crippen LogP contribution in [0.25, 0.3) is 0 Å². The Morgan fingerprint density at radius 3 is 2.65 bits per heavy atom. The molecule has 0 aromatic heterocycles. The van der Waals surface area contributed by atoms with Crippen molar-refractivity contribution in [2.75, 3.05) is 20.3 Å². The summed E-state index contributed by atoms with van der Waals surface area (Å²) in [6.45, 7) is 0.593. The second kappa shape index (κ2) is 7.55. The SMILES string of the molecule is COCCOc1ccc2c(c1)C(O)(C(=O)OCc1ccccc1)OC2=O. The van der Waals surface area contributed by atoms with Gasteiger partial charge in [0.25, 0.3) is 0 Å². The highest BCUT2D eigenvalue weighted by Crippen LogP contribution is 2.37. The van der Waals surface area contributed by atoms with Crippen LogP contribution in [-0.2, 0) is 31.4 Å². The summed E-state index contributed by atoms with van der Waals surface area (Å²) in [6, 6.07) is 13.3. The van der Waals surface area contributed by atoms with Crippen LogP contribution in [0.2, 0.25) is 0 Å². The van der Waals surface area contributed by atoms with Crippen molar-refractivity contribution in [1.82, 2.24) is 0 Å². The third kappa shape index (κ3) is 3.54. The molecule has 0 saturated heterocycles. The number of rotatable bonds is 7. The molecule has 0 saturated carbocycles. The molecule has 0 fully saturated rings. The van der Waals surface area contributed by atoms with Crippen LogP contribution in [0.5, 0.6) is 5.75 Å². The smallest absolute Gasteiger partial charge is 0.385 e. The molecule has 1 aliphatic rings. The molecule has 3 rings (SSSR count). The molecule has 136 valence electrons. The van der Waals surface area contributed by atoms with Crippen LogP contribution in [0, 0.1) is 0 Å². The number of hydrogen-bond donors (Lipinski definition) is 1. The van der Waals surface area contributed by atoms with Gasteiger partial charge in [0.05, 0.1) is 17.7 Å². The monoisotopic (exact) mass is 358 g/mol. The Balaban J connectivity index is 1.78. The van der Waals surface area contributed by atoms with Crippen molar-refractivity contribution in [1.29, 1.82) is 0 Å². The largest absolute Gasteiger partial charge is 0.491 e. The van der Waals surface area contributed by atoms with Gasteiger partial charge in [0.2, 0.25) is 0 Å². The molecule has 1 unspecified atom stereocenters. The summed E-state index contributed by atoms with van der Waals surface area (Å²) in [6.07, 6.45) is 0. The van der Waals surface area contributed by atoms with Gasteiger partial charge in [-0.15, -0.1) is 0 Å². The molecular weight excluding hydrogens is 340 g/mol. The van der Waals surface area contributed by atoms with Crippen LogP contribution >= 0.6 is 0 Å². The lowest BCUT2D eigenvalue weighted by atomic mass is 10.0. The van der Waals surface area contributed by atoms with E-state index in [1.807, 2.05) is 6.07 Å². The van der Waals surface area contributed by atoms with Crippen LogP contribution in [0.4, 0.5) is 0 Å². The predicted molar refractivity (Wildman–Crippen MR) is 89.4 cm³/mol. The second-order valence-electron chi connectivity index (χ2n) is 5.64. The van der Waals surface area contributed by atoms with Gasteiger partial charge in [-0.3, -0.25) is 0 Å². The maximum Gasteiger partial charge on any atom is 0.385 e. The predicted octanol–water partition coefficient (Wildman–Crippen LogP) is 1.77. The minimum Gasteiger partial charge on any atom is -0.491 e. The molecule has 1 aliphatic heterocycles. The zero-order chi connectivity index (χ0) is 18.6. The summed E-state index contributed by atoms with van der Waals surface area (Å²) < 4.78 is 20.4. The van der Waals surface area contributed by atoms with Crippen molar-refractivity contribution in [2.45, 2.75) is 12.4 Å². The Hall–Kier alpha value is -2.90. The molecule has 0 bridgehead atoms. The Morgan fingerprint density at radius 1 is 1.15 bits per heavy atom. The molecule has 0 spiro atoms. The molecular formula is C19H18O7. The minimum atomic E-state index is -2.50. The molecule has 2 aromatic carbocycles. The zero-order valence-electron chi connectivity index (χ0n) is 14.1. The molecule has 0 amide bonds. The van der Waals surface area contributed by atoms with Crippen LogP contribution in [-0.4, -0.2) is 37.4 Å². The summed E-state index contributed by atoms with van der Waals surface area (Å²) >= 11 is 0. The van der Waals surface area contributed by atoms with E-state index in [0.717, 1.165) is 5.56 Å². The van der Waals surface area contributed by atoms with Gasteiger partial charge in [-0.05, 0) is 23.8 Å². The molecule has 7 heteroatoms. The lowest BCUT2D eigenvalue weighted by Crippen LogP contribution is -2.37. The van der Waals surface area contributed by atoms with Gasteiger partial charge in [-0.1, -0.05) is 30.3 Å². The molecule has 7 nitrogen and oxygen atoms in total. The Morgan fingerprint density at radius 2 is 1.92 bits per heavy atom.